The molecule has 1 aliphatic rings. The van der Waals surface area contributed by atoms with Crippen molar-refractivity contribution in [3.8, 4) is 0 Å². The van der Waals surface area contributed by atoms with E-state index < -0.39 is 0 Å². The fourth-order valence-electron chi connectivity index (χ4n) is 2.17. The minimum Gasteiger partial charge on any atom is -0.452 e. The summed E-state index contributed by atoms with van der Waals surface area (Å²) in [6.07, 6.45) is 3.69. The van der Waals surface area contributed by atoms with Gasteiger partial charge in [0.1, 0.15) is 0 Å². The molecule has 0 saturated carbocycles. The molecule has 1 aromatic heterocycles. The maximum atomic E-state index is 12.2. The average molecular weight is 242 g/mol. The molecular weight excluding hydrogens is 226 g/mol. The highest BCUT2D eigenvalue weighted by atomic mass is 35.5. The number of carbonyl (C=O) groups excluding carboxylic acids is 1. The molecule has 0 N–H and O–H groups in total. The van der Waals surface area contributed by atoms with Crippen molar-refractivity contribution in [2.75, 3.05) is 6.54 Å². The van der Waals surface area contributed by atoms with Crippen LogP contribution in [0.5, 0.6) is 0 Å². The molecule has 16 heavy (non-hydrogen) atoms. The van der Waals surface area contributed by atoms with Gasteiger partial charge in [0.05, 0.1) is 11.8 Å². The fraction of sp³-hybridized carbons (Fsp3) is 0.583. The number of rotatable bonds is 1. The topological polar surface area (TPSA) is 33.5 Å². The number of halogens is 1. The van der Waals surface area contributed by atoms with Crippen LogP contribution in [0.2, 0.25) is 5.22 Å². The molecule has 1 aromatic rings. The minimum atomic E-state index is -0.0159. The summed E-state index contributed by atoms with van der Waals surface area (Å²) in [5.74, 6) is 0.545. The Bertz CT molecular complexity index is 388. The Labute approximate surface area is 100 Å². The molecule has 1 aliphatic heterocycles. The molecule has 1 fully saturated rings. The van der Waals surface area contributed by atoms with Gasteiger partial charge in [0.25, 0.3) is 5.91 Å². The van der Waals surface area contributed by atoms with Crippen molar-refractivity contribution in [2.24, 2.45) is 5.92 Å². The van der Waals surface area contributed by atoms with Gasteiger partial charge in [-0.1, -0.05) is 6.92 Å². The van der Waals surface area contributed by atoms with Gasteiger partial charge in [-0.2, -0.15) is 0 Å². The Morgan fingerprint density at radius 2 is 2.25 bits per heavy atom. The quantitative estimate of drug-likeness (QED) is 0.757. The SMILES string of the molecule is CC1CCC(C)N(C(=O)c2ccoc2Cl)C1. The number of likely N-dealkylation sites (tertiary alicyclic amines) is 1. The van der Waals surface area contributed by atoms with E-state index in [2.05, 4.69) is 13.8 Å². The Morgan fingerprint density at radius 3 is 2.88 bits per heavy atom. The first-order chi connectivity index (χ1) is 7.59. The lowest BCUT2D eigenvalue weighted by Crippen LogP contribution is -2.44. The second-order valence-corrected chi connectivity index (χ2v) is 4.94. The number of amides is 1. The third-order valence-electron chi connectivity index (χ3n) is 3.23. The number of furan rings is 1. The van der Waals surface area contributed by atoms with Gasteiger partial charge >= 0.3 is 0 Å². The number of piperidine rings is 1. The first kappa shape index (κ1) is 11.5. The van der Waals surface area contributed by atoms with Crippen molar-refractivity contribution in [2.45, 2.75) is 32.7 Å². The molecule has 0 radical (unpaired) electrons. The Kier molecular flexibility index (Phi) is 3.24. The zero-order chi connectivity index (χ0) is 11.7. The van der Waals surface area contributed by atoms with Gasteiger partial charge in [0.2, 0.25) is 5.22 Å². The van der Waals surface area contributed by atoms with Gasteiger partial charge in [0.15, 0.2) is 0 Å². The van der Waals surface area contributed by atoms with Gasteiger partial charge < -0.3 is 9.32 Å². The van der Waals surface area contributed by atoms with Crippen molar-refractivity contribution in [1.82, 2.24) is 4.90 Å². The van der Waals surface area contributed by atoms with E-state index in [9.17, 15) is 4.79 Å². The molecule has 0 aliphatic carbocycles. The van der Waals surface area contributed by atoms with Crippen LogP contribution in [0.1, 0.15) is 37.0 Å². The van der Waals surface area contributed by atoms with E-state index in [1.807, 2.05) is 4.90 Å². The molecule has 0 aromatic carbocycles. The summed E-state index contributed by atoms with van der Waals surface area (Å²) < 4.78 is 4.96. The standard InChI is InChI=1S/C12H16ClNO2/c1-8-3-4-9(2)14(7-8)12(15)10-5-6-16-11(10)13/h5-6,8-9H,3-4,7H2,1-2H3. The molecule has 1 saturated heterocycles. The van der Waals surface area contributed by atoms with Crippen molar-refractivity contribution >= 4 is 17.5 Å². The molecule has 2 rings (SSSR count). The molecule has 2 unspecified atom stereocenters. The summed E-state index contributed by atoms with van der Waals surface area (Å²) in [5.41, 5.74) is 0.475. The first-order valence-electron chi connectivity index (χ1n) is 5.63. The van der Waals surface area contributed by atoms with Crippen LogP contribution in [0.15, 0.2) is 16.7 Å². The molecule has 4 heteroatoms. The van der Waals surface area contributed by atoms with Crippen molar-refractivity contribution in [3.63, 3.8) is 0 Å². The lowest BCUT2D eigenvalue weighted by molar-refractivity contribution is 0.0573. The van der Waals surface area contributed by atoms with Gasteiger partial charge in [0, 0.05) is 12.6 Å². The zero-order valence-electron chi connectivity index (χ0n) is 9.57. The number of hydrogen-bond acceptors (Lipinski definition) is 2. The smallest absolute Gasteiger partial charge is 0.258 e. The highest BCUT2D eigenvalue weighted by molar-refractivity contribution is 6.32. The Hall–Kier alpha value is -0.960. The molecular formula is C12H16ClNO2. The fourth-order valence-corrected chi connectivity index (χ4v) is 2.37. The normalized spacial score (nSPS) is 25.8. The van der Waals surface area contributed by atoms with E-state index in [0.717, 1.165) is 13.0 Å². The van der Waals surface area contributed by atoms with Gasteiger partial charge in [-0.05, 0) is 43.4 Å². The van der Waals surface area contributed by atoms with Gasteiger partial charge in [-0.15, -0.1) is 0 Å². The molecule has 0 spiro atoms. The Balaban J connectivity index is 2.18. The van der Waals surface area contributed by atoms with E-state index in [1.54, 1.807) is 6.07 Å². The third-order valence-corrected chi connectivity index (χ3v) is 3.52. The summed E-state index contributed by atoms with van der Waals surface area (Å²) in [7, 11) is 0. The van der Waals surface area contributed by atoms with E-state index >= 15 is 0 Å². The Morgan fingerprint density at radius 1 is 1.50 bits per heavy atom. The molecule has 2 atom stereocenters. The van der Waals surface area contributed by atoms with Crippen LogP contribution in [0.4, 0.5) is 0 Å². The maximum absolute atomic E-state index is 12.2. The summed E-state index contributed by atoms with van der Waals surface area (Å²) in [5, 5.41) is 0.190. The average Bonchev–Trinajstić information content (AvgIpc) is 2.67. The molecule has 3 nitrogen and oxygen atoms in total. The second kappa shape index (κ2) is 4.50. The summed E-state index contributed by atoms with van der Waals surface area (Å²) >= 11 is 5.82. The zero-order valence-corrected chi connectivity index (χ0v) is 10.3. The van der Waals surface area contributed by atoms with Crippen molar-refractivity contribution in [1.29, 1.82) is 0 Å². The van der Waals surface area contributed by atoms with Gasteiger partial charge in [-0.3, -0.25) is 4.79 Å². The minimum absolute atomic E-state index is 0.0159. The third kappa shape index (κ3) is 2.09. The van der Waals surface area contributed by atoms with Crippen LogP contribution < -0.4 is 0 Å². The first-order valence-corrected chi connectivity index (χ1v) is 6.01. The van der Waals surface area contributed by atoms with E-state index in [4.69, 9.17) is 16.0 Å². The number of nitrogens with zero attached hydrogens (tertiary/aromatic N) is 1. The van der Waals surface area contributed by atoms with Crippen LogP contribution >= 0.6 is 11.6 Å². The van der Waals surface area contributed by atoms with Crippen LogP contribution in [-0.2, 0) is 0 Å². The van der Waals surface area contributed by atoms with Crippen LogP contribution in [0, 0.1) is 5.92 Å². The van der Waals surface area contributed by atoms with E-state index in [0.29, 0.717) is 11.5 Å². The van der Waals surface area contributed by atoms with E-state index in [1.165, 1.54) is 12.7 Å². The highest BCUT2D eigenvalue weighted by Crippen LogP contribution is 2.26. The molecule has 1 amide bonds. The maximum Gasteiger partial charge on any atom is 0.258 e. The predicted octanol–water partition coefficient (Wildman–Crippen LogP) is 3.19. The predicted molar refractivity (Wildman–Crippen MR) is 62.6 cm³/mol. The highest BCUT2D eigenvalue weighted by Gasteiger charge is 2.29. The van der Waals surface area contributed by atoms with Crippen LogP contribution in [0.3, 0.4) is 0 Å². The molecule has 2 heterocycles. The lowest BCUT2D eigenvalue weighted by atomic mass is 9.94. The largest absolute Gasteiger partial charge is 0.452 e. The number of carbonyl (C=O) groups is 1. The van der Waals surface area contributed by atoms with Crippen LogP contribution in [0.25, 0.3) is 0 Å². The lowest BCUT2D eigenvalue weighted by Gasteiger charge is -2.36. The molecule has 0 bridgehead atoms. The van der Waals surface area contributed by atoms with Gasteiger partial charge in [-0.25, -0.2) is 0 Å². The summed E-state index contributed by atoms with van der Waals surface area (Å²) in [4.78, 5) is 14.1. The monoisotopic (exact) mass is 241 g/mol. The second-order valence-electron chi connectivity index (χ2n) is 4.60. The van der Waals surface area contributed by atoms with E-state index in [-0.39, 0.29) is 17.2 Å². The van der Waals surface area contributed by atoms with Crippen molar-refractivity contribution < 1.29 is 9.21 Å². The summed E-state index contributed by atoms with van der Waals surface area (Å²) in [6, 6.07) is 1.92. The molecule has 88 valence electrons. The van der Waals surface area contributed by atoms with Crippen molar-refractivity contribution in [3.05, 3.63) is 23.1 Å². The number of hydrogen-bond donors (Lipinski definition) is 0. The summed E-state index contributed by atoms with van der Waals surface area (Å²) in [6.45, 7) is 5.06. The van der Waals surface area contributed by atoms with Crippen LogP contribution in [-0.4, -0.2) is 23.4 Å².